The molecule has 0 radical (unpaired) electrons. The van der Waals surface area contributed by atoms with Gasteiger partial charge in [0.05, 0.1) is 45.7 Å². The number of ether oxygens (including phenoxy) is 5. The molecule has 2 aromatic carbocycles. The number of methoxy groups -OCH3 is 2. The third-order valence-electron chi connectivity index (χ3n) is 7.99. The summed E-state index contributed by atoms with van der Waals surface area (Å²) in [5, 5.41) is 3.53. The standard InChI is InChI=1S/C18H25NO4.C13H17NO2.2ClH/c1-18(2,3)23-17(20)19-8-9-22-16-11-13-12(10-14(16)19)6-5-7-15(13)21-4;1-15-12-4-2-3-9-7-11-13(8-10(9)12)16-6-5-14-11;;/h5-7,14,16H,8-11H2,1-4H3;2-4,11,13-14H,5-8H2,1H3;2*1H/t14-,16-;11-,13-;;/m00../s1. The van der Waals surface area contributed by atoms with Crippen LogP contribution in [0.3, 0.4) is 0 Å². The fraction of sp³-hybridized carbons (Fsp3) is 0.581. The lowest BCUT2D eigenvalue weighted by Gasteiger charge is -2.44. The summed E-state index contributed by atoms with van der Waals surface area (Å²) >= 11 is 0. The van der Waals surface area contributed by atoms with E-state index in [1.807, 2.05) is 43.9 Å². The molecule has 41 heavy (non-hydrogen) atoms. The number of amides is 1. The van der Waals surface area contributed by atoms with E-state index in [-0.39, 0.29) is 43.1 Å². The van der Waals surface area contributed by atoms with E-state index in [4.69, 9.17) is 23.7 Å². The minimum absolute atomic E-state index is 0. The number of carbonyl (C=O) groups excluding carboxylic acids is 1. The minimum atomic E-state index is -0.485. The largest absolute Gasteiger partial charge is 0.496 e. The molecule has 4 atom stereocenters. The van der Waals surface area contributed by atoms with E-state index in [0.717, 1.165) is 50.3 Å². The van der Waals surface area contributed by atoms with Gasteiger partial charge in [0.1, 0.15) is 17.1 Å². The molecule has 2 saturated heterocycles. The molecule has 0 unspecified atom stereocenters. The Kier molecular flexibility index (Phi) is 11.6. The molecule has 2 aliphatic carbocycles. The second-order valence-electron chi connectivity index (χ2n) is 11.6. The van der Waals surface area contributed by atoms with Crippen LogP contribution in [0.25, 0.3) is 0 Å². The van der Waals surface area contributed by atoms with Gasteiger partial charge in [-0.15, -0.1) is 24.8 Å². The number of fused-ring (bicyclic) bond motifs is 4. The Labute approximate surface area is 256 Å². The first-order valence-corrected chi connectivity index (χ1v) is 14.0. The number of halogens is 2. The highest BCUT2D eigenvalue weighted by Gasteiger charge is 2.41. The number of morpholine rings is 2. The van der Waals surface area contributed by atoms with E-state index in [1.54, 1.807) is 14.2 Å². The van der Waals surface area contributed by atoms with Crippen molar-refractivity contribution in [3.63, 3.8) is 0 Å². The van der Waals surface area contributed by atoms with Gasteiger partial charge >= 0.3 is 6.09 Å². The quantitative estimate of drug-likeness (QED) is 0.523. The van der Waals surface area contributed by atoms with Crippen molar-refractivity contribution < 1.29 is 28.5 Å². The van der Waals surface area contributed by atoms with Crippen LogP contribution >= 0.6 is 24.8 Å². The number of rotatable bonds is 2. The van der Waals surface area contributed by atoms with Gasteiger partial charge in [-0.05, 0) is 62.4 Å². The van der Waals surface area contributed by atoms with Gasteiger partial charge in [-0.25, -0.2) is 4.79 Å². The van der Waals surface area contributed by atoms with Gasteiger partial charge in [-0.1, -0.05) is 24.3 Å². The maximum absolute atomic E-state index is 12.5. The summed E-state index contributed by atoms with van der Waals surface area (Å²) in [7, 11) is 3.43. The Morgan fingerprint density at radius 3 is 2.05 bits per heavy atom. The molecule has 4 aliphatic rings. The van der Waals surface area contributed by atoms with Crippen molar-refractivity contribution in [1.82, 2.24) is 10.2 Å². The lowest BCUT2D eigenvalue weighted by atomic mass is 9.84. The molecule has 10 heteroatoms. The smallest absolute Gasteiger partial charge is 0.410 e. The molecular weight excluding hydrogens is 567 g/mol. The van der Waals surface area contributed by atoms with E-state index >= 15 is 0 Å². The lowest BCUT2D eigenvalue weighted by Crippen LogP contribution is -2.57. The van der Waals surface area contributed by atoms with Crippen LogP contribution in [0.4, 0.5) is 4.79 Å². The zero-order valence-corrected chi connectivity index (χ0v) is 26.3. The predicted molar refractivity (Wildman–Crippen MR) is 163 cm³/mol. The Morgan fingerprint density at radius 2 is 1.44 bits per heavy atom. The van der Waals surface area contributed by atoms with E-state index in [2.05, 4.69) is 23.5 Å². The van der Waals surface area contributed by atoms with Crippen LogP contribution in [0.5, 0.6) is 11.5 Å². The molecule has 6 rings (SSSR count). The van der Waals surface area contributed by atoms with Crippen molar-refractivity contribution in [3.05, 3.63) is 58.7 Å². The predicted octanol–water partition coefficient (Wildman–Crippen LogP) is 4.79. The van der Waals surface area contributed by atoms with Gasteiger partial charge in [-0.3, -0.25) is 4.90 Å². The van der Waals surface area contributed by atoms with Gasteiger partial charge in [0.25, 0.3) is 0 Å². The van der Waals surface area contributed by atoms with Crippen LogP contribution in [0.15, 0.2) is 36.4 Å². The van der Waals surface area contributed by atoms with Crippen LogP contribution in [-0.2, 0) is 39.9 Å². The van der Waals surface area contributed by atoms with E-state index < -0.39 is 5.60 Å². The van der Waals surface area contributed by atoms with Crippen molar-refractivity contribution in [2.24, 2.45) is 0 Å². The minimum Gasteiger partial charge on any atom is -0.496 e. The average Bonchev–Trinajstić information content (AvgIpc) is 2.93. The number of benzene rings is 2. The van der Waals surface area contributed by atoms with Crippen LogP contribution in [0, 0.1) is 0 Å². The molecule has 0 bridgehead atoms. The molecular formula is C31H44Cl2N2O6. The van der Waals surface area contributed by atoms with Crippen molar-refractivity contribution in [3.8, 4) is 11.5 Å². The molecule has 2 aliphatic heterocycles. The maximum Gasteiger partial charge on any atom is 0.410 e. The van der Waals surface area contributed by atoms with Crippen LogP contribution in [0.1, 0.15) is 43.0 Å². The first-order chi connectivity index (χ1) is 18.8. The van der Waals surface area contributed by atoms with Gasteiger partial charge < -0.3 is 29.0 Å². The van der Waals surface area contributed by atoms with Gasteiger partial charge in [-0.2, -0.15) is 0 Å². The first-order valence-electron chi connectivity index (χ1n) is 14.0. The molecule has 2 heterocycles. The summed E-state index contributed by atoms with van der Waals surface area (Å²) in [4.78, 5) is 14.4. The summed E-state index contributed by atoms with van der Waals surface area (Å²) in [6, 6.07) is 12.9. The number of hydrogen-bond donors (Lipinski definition) is 1. The molecule has 0 spiro atoms. The summed E-state index contributed by atoms with van der Waals surface area (Å²) < 4.78 is 28.2. The SMILES string of the molecule is COc1cccc2c1C[C@@H]1OCCN(C(=O)OC(C)(C)C)[C@H]1C2.COc1cccc2c1C[C@@H]1OCCN[C@H]1C2.Cl.Cl. The monoisotopic (exact) mass is 610 g/mol. The van der Waals surface area contributed by atoms with Crippen LogP contribution in [0.2, 0.25) is 0 Å². The molecule has 228 valence electrons. The molecule has 0 saturated carbocycles. The number of nitrogens with zero attached hydrogens (tertiary/aromatic N) is 1. The van der Waals surface area contributed by atoms with Crippen molar-refractivity contribution in [2.45, 2.75) is 76.3 Å². The van der Waals surface area contributed by atoms with Gasteiger partial charge in [0, 0.05) is 37.5 Å². The Morgan fingerprint density at radius 1 is 0.854 bits per heavy atom. The fourth-order valence-corrected chi connectivity index (χ4v) is 6.19. The first kappa shape index (κ1) is 33.3. The molecule has 0 aromatic heterocycles. The molecule has 1 amide bonds. The Balaban J connectivity index is 0.000000227. The third kappa shape index (κ3) is 7.59. The third-order valence-corrected chi connectivity index (χ3v) is 7.99. The van der Waals surface area contributed by atoms with E-state index in [0.29, 0.717) is 25.3 Å². The molecule has 8 nitrogen and oxygen atoms in total. The maximum atomic E-state index is 12.5. The Hall–Kier alpha value is -2.23. The zero-order chi connectivity index (χ0) is 27.6. The second-order valence-corrected chi connectivity index (χ2v) is 11.6. The average molecular weight is 612 g/mol. The second kappa shape index (κ2) is 14.3. The van der Waals surface area contributed by atoms with Crippen molar-refractivity contribution >= 4 is 30.9 Å². The lowest BCUT2D eigenvalue weighted by molar-refractivity contribution is -0.0783. The Bertz CT molecular complexity index is 1170. The number of carbonyl (C=O) groups is 1. The number of nitrogens with one attached hydrogen (secondary N) is 1. The highest BCUT2D eigenvalue weighted by atomic mass is 35.5. The van der Waals surface area contributed by atoms with Gasteiger partial charge in [0.2, 0.25) is 0 Å². The van der Waals surface area contributed by atoms with Crippen LogP contribution < -0.4 is 14.8 Å². The highest BCUT2D eigenvalue weighted by Crippen LogP contribution is 2.35. The summed E-state index contributed by atoms with van der Waals surface area (Å²) in [5.74, 6) is 1.91. The van der Waals surface area contributed by atoms with Crippen LogP contribution in [-0.4, -0.2) is 81.4 Å². The summed E-state index contributed by atoms with van der Waals surface area (Å²) in [6.07, 6.45) is 3.63. The van der Waals surface area contributed by atoms with E-state index in [1.165, 1.54) is 22.3 Å². The van der Waals surface area contributed by atoms with E-state index in [9.17, 15) is 4.79 Å². The molecule has 2 fully saturated rings. The van der Waals surface area contributed by atoms with Crippen molar-refractivity contribution in [2.75, 3.05) is 40.5 Å². The normalized spacial score (nSPS) is 24.3. The summed E-state index contributed by atoms with van der Waals surface area (Å²) in [5.41, 5.74) is 4.67. The van der Waals surface area contributed by atoms with Gasteiger partial charge in [0.15, 0.2) is 0 Å². The highest BCUT2D eigenvalue weighted by molar-refractivity contribution is 5.85. The zero-order valence-electron chi connectivity index (χ0n) is 24.6. The number of hydrogen-bond acceptors (Lipinski definition) is 7. The molecule has 2 aromatic rings. The fourth-order valence-electron chi connectivity index (χ4n) is 6.19. The van der Waals surface area contributed by atoms with Crippen molar-refractivity contribution in [1.29, 1.82) is 0 Å². The topological polar surface area (TPSA) is 78.5 Å². The summed E-state index contributed by atoms with van der Waals surface area (Å²) in [6.45, 7) is 8.60. The molecule has 1 N–H and O–H groups in total.